The average molecular weight is 550 g/mol. The van der Waals surface area contributed by atoms with Gasteiger partial charge in [-0.05, 0) is 49.6 Å². The molecule has 2 aromatic carbocycles. The molecule has 0 aliphatic carbocycles. The Labute approximate surface area is 225 Å². The van der Waals surface area contributed by atoms with Crippen molar-refractivity contribution in [2.24, 2.45) is 0 Å². The number of benzene rings is 2. The molecule has 0 saturated carbocycles. The summed E-state index contributed by atoms with van der Waals surface area (Å²) >= 11 is 0. The Balaban J connectivity index is 2.50. The summed E-state index contributed by atoms with van der Waals surface area (Å²) in [5, 5.41) is 2.95. The van der Waals surface area contributed by atoms with Crippen molar-refractivity contribution >= 4 is 27.5 Å². The Morgan fingerprint density at radius 2 is 1.63 bits per heavy atom. The largest absolute Gasteiger partial charge is 0.497 e. The van der Waals surface area contributed by atoms with Crippen molar-refractivity contribution in [2.45, 2.75) is 52.2 Å². The zero-order valence-corrected chi connectivity index (χ0v) is 24.0. The van der Waals surface area contributed by atoms with Gasteiger partial charge in [-0.15, -0.1) is 0 Å². The Bertz CT molecular complexity index is 1200. The molecule has 0 aromatic heterocycles. The number of carbonyl (C=O) groups excluding carboxylic acids is 2. The first-order valence-electron chi connectivity index (χ1n) is 12.4. The number of amides is 2. The van der Waals surface area contributed by atoms with Crippen LogP contribution in [0.3, 0.4) is 0 Å². The van der Waals surface area contributed by atoms with Crippen LogP contribution in [-0.4, -0.2) is 71.3 Å². The lowest BCUT2D eigenvalue weighted by Crippen LogP contribution is -2.53. The molecule has 0 radical (unpaired) electrons. The van der Waals surface area contributed by atoms with Gasteiger partial charge in [-0.3, -0.25) is 13.9 Å². The van der Waals surface area contributed by atoms with Gasteiger partial charge in [-0.25, -0.2) is 8.42 Å². The second-order valence-corrected chi connectivity index (χ2v) is 10.8. The number of carbonyl (C=O) groups is 2. The van der Waals surface area contributed by atoms with E-state index in [0.29, 0.717) is 23.7 Å². The molecule has 2 atom stereocenters. The van der Waals surface area contributed by atoms with Gasteiger partial charge in [0.1, 0.15) is 18.3 Å². The van der Waals surface area contributed by atoms with Crippen LogP contribution in [0.1, 0.15) is 39.2 Å². The Kier molecular flexibility index (Phi) is 11.2. The Morgan fingerprint density at radius 3 is 2.18 bits per heavy atom. The van der Waals surface area contributed by atoms with E-state index in [2.05, 4.69) is 5.32 Å². The van der Waals surface area contributed by atoms with Crippen LogP contribution in [0.5, 0.6) is 17.2 Å². The van der Waals surface area contributed by atoms with Crippen molar-refractivity contribution in [3.05, 3.63) is 48.0 Å². The molecule has 0 fully saturated rings. The molecular weight excluding hydrogens is 510 g/mol. The van der Waals surface area contributed by atoms with Crippen LogP contribution in [0.2, 0.25) is 0 Å². The van der Waals surface area contributed by atoms with Crippen LogP contribution >= 0.6 is 0 Å². The van der Waals surface area contributed by atoms with E-state index in [9.17, 15) is 18.0 Å². The minimum atomic E-state index is -3.88. The summed E-state index contributed by atoms with van der Waals surface area (Å²) in [7, 11) is 0.577. The lowest BCUT2D eigenvalue weighted by molar-refractivity contribution is -0.140. The number of hydrogen-bond donors (Lipinski definition) is 1. The third-order valence-corrected chi connectivity index (χ3v) is 7.35. The fourth-order valence-corrected chi connectivity index (χ4v) is 4.76. The van der Waals surface area contributed by atoms with Crippen molar-refractivity contribution in [3.8, 4) is 17.2 Å². The molecule has 0 spiro atoms. The normalized spacial score (nSPS) is 12.7. The number of anilines is 1. The first kappa shape index (κ1) is 30.8. The zero-order chi connectivity index (χ0) is 28.5. The number of hydrogen-bond acceptors (Lipinski definition) is 7. The van der Waals surface area contributed by atoms with Crippen LogP contribution in [0.15, 0.2) is 42.5 Å². The van der Waals surface area contributed by atoms with Crippen LogP contribution in [-0.2, 0) is 26.2 Å². The highest BCUT2D eigenvalue weighted by Crippen LogP contribution is 2.32. The first-order chi connectivity index (χ1) is 18.0. The maximum Gasteiger partial charge on any atom is 0.244 e. The van der Waals surface area contributed by atoms with Crippen molar-refractivity contribution in [3.63, 3.8) is 0 Å². The van der Waals surface area contributed by atoms with Crippen molar-refractivity contribution < 1.29 is 32.2 Å². The number of rotatable bonds is 14. The smallest absolute Gasteiger partial charge is 0.244 e. The monoisotopic (exact) mass is 549 g/mol. The van der Waals surface area contributed by atoms with Gasteiger partial charge in [-0.1, -0.05) is 26.0 Å². The summed E-state index contributed by atoms with van der Waals surface area (Å²) in [6.07, 6.45) is 2.09. The van der Waals surface area contributed by atoms with E-state index in [1.165, 1.54) is 31.3 Å². The fraction of sp³-hybridized carbons (Fsp3) is 0.481. The number of methoxy groups -OCH3 is 3. The molecule has 10 nitrogen and oxygen atoms in total. The van der Waals surface area contributed by atoms with E-state index in [1.807, 2.05) is 26.8 Å². The van der Waals surface area contributed by atoms with Gasteiger partial charge >= 0.3 is 0 Å². The fourth-order valence-electron chi connectivity index (χ4n) is 3.92. The molecule has 2 rings (SSSR count). The van der Waals surface area contributed by atoms with E-state index in [4.69, 9.17) is 14.2 Å². The minimum Gasteiger partial charge on any atom is -0.497 e. The van der Waals surface area contributed by atoms with E-state index in [0.717, 1.165) is 22.5 Å². The van der Waals surface area contributed by atoms with E-state index in [1.54, 1.807) is 31.4 Å². The van der Waals surface area contributed by atoms with Gasteiger partial charge in [0.15, 0.2) is 11.5 Å². The van der Waals surface area contributed by atoms with Gasteiger partial charge in [0.05, 0.1) is 33.3 Å². The summed E-state index contributed by atoms with van der Waals surface area (Å²) in [6.45, 7) is 5.24. The number of nitrogens with one attached hydrogen (secondary N) is 1. The summed E-state index contributed by atoms with van der Waals surface area (Å²) in [5.41, 5.74) is 0.974. The zero-order valence-electron chi connectivity index (χ0n) is 23.2. The Hall–Kier alpha value is -3.47. The van der Waals surface area contributed by atoms with Crippen molar-refractivity contribution in [2.75, 3.05) is 38.4 Å². The number of sulfonamides is 1. The summed E-state index contributed by atoms with van der Waals surface area (Å²) in [5.74, 6) is 0.520. The summed E-state index contributed by atoms with van der Waals surface area (Å²) in [4.78, 5) is 28.5. The first-order valence-corrected chi connectivity index (χ1v) is 14.3. The van der Waals surface area contributed by atoms with E-state index < -0.39 is 28.5 Å². The predicted octanol–water partition coefficient (Wildman–Crippen LogP) is 3.20. The van der Waals surface area contributed by atoms with E-state index in [-0.39, 0.29) is 24.2 Å². The topological polar surface area (TPSA) is 114 Å². The minimum absolute atomic E-state index is 0.0791. The van der Waals surface area contributed by atoms with Gasteiger partial charge in [-0.2, -0.15) is 0 Å². The highest BCUT2D eigenvalue weighted by molar-refractivity contribution is 7.92. The molecule has 0 saturated heterocycles. The van der Waals surface area contributed by atoms with Crippen LogP contribution < -0.4 is 23.8 Å². The molecule has 0 aliphatic heterocycles. The molecule has 210 valence electrons. The molecular formula is C27H39N3O7S. The molecule has 0 aliphatic rings. The lowest BCUT2D eigenvalue weighted by atomic mass is 10.1. The van der Waals surface area contributed by atoms with Gasteiger partial charge in [0.2, 0.25) is 21.8 Å². The number of ether oxygens (including phenoxy) is 3. The summed E-state index contributed by atoms with van der Waals surface area (Å²) in [6, 6.07) is 10.9. The second-order valence-electron chi connectivity index (χ2n) is 8.92. The third-order valence-electron chi connectivity index (χ3n) is 6.21. The van der Waals surface area contributed by atoms with Gasteiger partial charge < -0.3 is 24.4 Å². The molecule has 38 heavy (non-hydrogen) atoms. The quantitative estimate of drug-likeness (QED) is 0.385. The highest BCUT2D eigenvalue weighted by Gasteiger charge is 2.32. The maximum atomic E-state index is 13.8. The molecule has 1 N–H and O–H groups in total. The molecule has 2 amide bonds. The highest BCUT2D eigenvalue weighted by atomic mass is 32.2. The SMILES string of the molecule is CC[C@@H](C)NC(=O)[C@@H](CC)N(Cc1cccc(OC)c1)C(=O)CN(c1ccc(OC)c(OC)c1)S(C)(=O)=O. The second kappa shape index (κ2) is 13.9. The molecule has 0 bridgehead atoms. The van der Waals surface area contributed by atoms with Crippen LogP contribution in [0.25, 0.3) is 0 Å². The van der Waals surface area contributed by atoms with Crippen molar-refractivity contribution in [1.29, 1.82) is 0 Å². The standard InChI is InChI=1S/C27H39N3O7S/c1-8-19(3)28-27(32)23(9-2)29(17-20-11-10-12-22(15-20)35-4)26(31)18-30(38(7,33)34)21-13-14-24(36-5)25(16-21)37-6/h10-16,19,23H,8-9,17-18H2,1-7H3,(H,28,32)/t19-,23-/m1/s1. The maximum absolute atomic E-state index is 13.8. The molecule has 0 heterocycles. The van der Waals surface area contributed by atoms with Crippen molar-refractivity contribution in [1.82, 2.24) is 10.2 Å². The van der Waals surface area contributed by atoms with Gasteiger partial charge in [0, 0.05) is 18.7 Å². The lowest BCUT2D eigenvalue weighted by Gasteiger charge is -2.33. The predicted molar refractivity (Wildman–Crippen MR) is 147 cm³/mol. The third kappa shape index (κ3) is 8.01. The Morgan fingerprint density at radius 1 is 0.947 bits per heavy atom. The molecule has 0 unspecified atom stereocenters. The summed E-state index contributed by atoms with van der Waals surface area (Å²) < 4.78 is 42.5. The van der Waals surface area contributed by atoms with Crippen LogP contribution in [0, 0.1) is 0 Å². The van der Waals surface area contributed by atoms with E-state index >= 15 is 0 Å². The molecule has 11 heteroatoms. The number of nitrogens with zero attached hydrogens (tertiary/aromatic N) is 2. The average Bonchev–Trinajstić information content (AvgIpc) is 2.90. The molecule has 2 aromatic rings. The van der Waals surface area contributed by atoms with Gasteiger partial charge in [0.25, 0.3) is 0 Å². The van der Waals surface area contributed by atoms with Crippen LogP contribution in [0.4, 0.5) is 5.69 Å².